The Balaban J connectivity index is 0.00000338. The molecule has 0 saturated carbocycles. The monoisotopic (exact) mass is 495 g/mol. The van der Waals surface area contributed by atoms with Crippen molar-refractivity contribution in [1.82, 2.24) is 20.5 Å². The molecule has 0 aromatic carbocycles. The Morgan fingerprint density at radius 3 is 2.77 bits per heavy atom. The number of hydrogen-bond acceptors (Lipinski definition) is 5. The average Bonchev–Trinajstić information content (AvgIpc) is 3.04. The second-order valence-electron chi connectivity index (χ2n) is 6.53. The van der Waals surface area contributed by atoms with Crippen LogP contribution in [0.4, 0.5) is 0 Å². The second kappa shape index (κ2) is 13.7. The number of methoxy groups -OCH3 is 1. The molecule has 150 valence electrons. The molecule has 2 heterocycles. The number of hydrogen-bond donors (Lipinski definition) is 2. The molecule has 26 heavy (non-hydrogen) atoms. The number of aryl methyl sites for hydroxylation is 1. The predicted molar refractivity (Wildman–Crippen MR) is 121 cm³/mol. The molecule has 0 aliphatic carbocycles. The topological polar surface area (TPSA) is 61.8 Å². The lowest BCUT2D eigenvalue weighted by Gasteiger charge is -2.31. The van der Waals surface area contributed by atoms with E-state index in [-0.39, 0.29) is 24.0 Å². The molecule has 1 aliphatic rings. The minimum Gasteiger partial charge on any atom is -0.383 e. The number of piperidine rings is 1. The maximum absolute atomic E-state index is 5.16. The number of thiazole rings is 1. The number of ether oxygens (including phenoxy) is 1. The van der Waals surface area contributed by atoms with E-state index in [1.807, 2.05) is 6.92 Å². The number of likely N-dealkylation sites (tertiary alicyclic amines) is 1. The number of nitrogens with zero attached hydrogens (tertiary/aromatic N) is 3. The van der Waals surface area contributed by atoms with Gasteiger partial charge in [-0.05, 0) is 45.7 Å². The van der Waals surface area contributed by atoms with Crippen LogP contribution in [0.1, 0.15) is 30.5 Å². The van der Waals surface area contributed by atoms with E-state index in [9.17, 15) is 0 Å². The predicted octanol–water partition coefficient (Wildman–Crippen LogP) is 2.53. The zero-order chi connectivity index (χ0) is 17.9. The quantitative estimate of drug-likeness (QED) is 0.313. The van der Waals surface area contributed by atoms with Crippen molar-refractivity contribution < 1.29 is 4.74 Å². The third-order valence-corrected chi connectivity index (χ3v) is 5.33. The van der Waals surface area contributed by atoms with Gasteiger partial charge in [0.15, 0.2) is 5.96 Å². The first kappa shape index (κ1) is 23.6. The zero-order valence-electron chi connectivity index (χ0n) is 16.3. The molecule has 6 nitrogen and oxygen atoms in total. The van der Waals surface area contributed by atoms with Crippen molar-refractivity contribution in [2.24, 2.45) is 10.9 Å². The number of aromatic nitrogens is 1. The molecule has 8 heteroatoms. The average molecular weight is 495 g/mol. The van der Waals surface area contributed by atoms with E-state index < -0.39 is 0 Å². The van der Waals surface area contributed by atoms with Gasteiger partial charge in [-0.15, -0.1) is 35.3 Å². The van der Waals surface area contributed by atoms with Crippen molar-refractivity contribution in [2.75, 3.05) is 53.0 Å². The lowest BCUT2D eigenvalue weighted by molar-refractivity contribution is 0.121. The van der Waals surface area contributed by atoms with Crippen LogP contribution in [-0.4, -0.2) is 68.8 Å². The molecule has 0 bridgehead atoms. The van der Waals surface area contributed by atoms with Gasteiger partial charge < -0.3 is 20.3 Å². The molecule has 1 aromatic rings. The Labute approximate surface area is 179 Å². The van der Waals surface area contributed by atoms with Crippen molar-refractivity contribution in [3.63, 3.8) is 0 Å². The number of nitrogens with one attached hydrogen (secondary N) is 2. The third kappa shape index (κ3) is 8.96. The Bertz CT molecular complexity index is 517. The maximum atomic E-state index is 5.16. The number of halogens is 1. The van der Waals surface area contributed by atoms with Gasteiger partial charge >= 0.3 is 0 Å². The summed E-state index contributed by atoms with van der Waals surface area (Å²) < 4.78 is 5.16. The summed E-state index contributed by atoms with van der Waals surface area (Å²) in [6, 6.07) is 0. The van der Waals surface area contributed by atoms with Crippen molar-refractivity contribution in [3.05, 3.63) is 16.1 Å². The Morgan fingerprint density at radius 2 is 2.15 bits per heavy atom. The lowest BCUT2D eigenvalue weighted by atomic mass is 9.97. The zero-order valence-corrected chi connectivity index (χ0v) is 19.4. The summed E-state index contributed by atoms with van der Waals surface area (Å²) in [6.07, 6.45) is 3.39. The van der Waals surface area contributed by atoms with E-state index in [0.717, 1.165) is 69.0 Å². The molecular weight excluding hydrogens is 461 g/mol. The van der Waals surface area contributed by atoms with Gasteiger partial charge in [-0.2, -0.15) is 0 Å². The fourth-order valence-corrected chi connectivity index (χ4v) is 3.65. The van der Waals surface area contributed by atoms with E-state index >= 15 is 0 Å². The van der Waals surface area contributed by atoms with Crippen LogP contribution < -0.4 is 10.6 Å². The van der Waals surface area contributed by atoms with Crippen LogP contribution in [0.5, 0.6) is 0 Å². The van der Waals surface area contributed by atoms with Crippen LogP contribution in [0.25, 0.3) is 0 Å². The molecule has 1 fully saturated rings. The molecular formula is C18H34IN5OS. The minimum absolute atomic E-state index is 0. The number of aliphatic imine (C=N–C) groups is 1. The molecule has 0 spiro atoms. The van der Waals surface area contributed by atoms with Crippen LogP contribution in [-0.2, 0) is 11.2 Å². The van der Waals surface area contributed by atoms with Crippen LogP contribution in [0, 0.1) is 12.8 Å². The molecule has 1 aromatic heterocycles. The summed E-state index contributed by atoms with van der Waals surface area (Å²) >= 11 is 1.71. The van der Waals surface area contributed by atoms with Gasteiger partial charge in [0.05, 0.1) is 17.3 Å². The highest BCUT2D eigenvalue weighted by Crippen LogP contribution is 2.17. The first-order valence-corrected chi connectivity index (χ1v) is 10.2. The highest BCUT2D eigenvalue weighted by molar-refractivity contribution is 14.0. The number of guanidine groups is 1. The van der Waals surface area contributed by atoms with E-state index in [2.05, 4.69) is 32.8 Å². The molecule has 2 rings (SSSR count). The minimum atomic E-state index is 0. The summed E-state index contributed by atoms with van der Waals surface area (Å²) in [5.74, 6) is 1.62. The van der Waals surface area contributed by atoms with Crippen molar-refractivity contribution >= 4 is 41.3 Å². The Hall–Kier alpha value is -0.450. The van der Waals surface area contributed by atoms with E-state index in [4.69, 9.17) is 9.73 Å². The molecule has 2 N–H and O–H groups in total. The fourth-order valence-electron chi connectivity index (χ4n) is 3.01. The highest BCUT2D eigenvalue weighted by atomic mass is 127. The first-order chi connectivity index (χ1) is 12.2. The van der Waals surface area contributed by atoms with E-state index in [1.165, 1.54) is 12.8 Å². The molecule has 1 aliphatic heterocycles. The smallest absolute Gasteiger partial charge is 0.191 e. The Kier molecular flexibility index (Phi) is 12.4. The lowest BCUT2D eigenvalue weighted by Crippen LogP contribution is -2.40. The summed E-state index contributed by atoms with van der Waals surface area (Å²) in [6.45, 7) is 11.0. The van der Waals surface area contributed by atoms with Gasteiger partial charge in [-0.3, -0.25) is 4.99 Å². The van der Waals surface area contributed by atoms with Crippen LogP contribution in [0.3, 0.4) is 0 Å². The van der Waals surface area contributed by atoms with Crippen molar-refractivity contribution in [3.8, 4) is 0 Å². The standard InChI is InChI=1S/C18H33N5OS.HI/c1-4-19-18(20-8-5-17-14-25-15(2)22-17)21-13-16-6-9-23(10-7-16)11-12-24-3;/h14,16H,4-13H2,1-3H3,(H2,19,20,21);1H. The molecule has 0 amide bonds. The molecule has 0 atom stereocenters. The van der Waals surface area contributed by atoms with Gasteiger partial charge in [0, 0.05) is 45.1 Å². The Morgan fingerprint density at radius 1 is 1.38 bits per heavy atom. The third-order valence-electron chi connectivity index (χ3n) is 4.51. The maximum Gasteiger partial charge on any atom is 0.191 e. The van der Waals surface area contributed by atoms with Gasteiger partial charge in [0.25, 0.3) is 0 Å². The first-order valence-electron chi connectivity index (χ1n) is 9.35. The summed E-state index contributed by atoms with van der Waals surface area (Å²) in [5.41, 5.74) is 1.16. The SMILES string of the molecule is CCNC(=NCC1CCN(CCOC)CC1)NCCc1csc(C)n1.I. The second-order valence-corrected chi connectivity index (χ2v) is 7.59. The van der Waals surface area contributed by atoms with Crippen molar-refractivity contribution in [2.45, 2.75) is 33.1 Å². The van der Waals surface area contributed by atoms with Gasteiger partial charge in [-0.1, -0.05) is 0 Å². The molecule has 0 unspecified atom stereocenters. The summed E-state index contributed by atoms with van der Waals surface area (Å²) in [4.78, 5) is 11.8. The summed E-state index contributed by atoms with van der Waals surface area (Å²) in [5, 5.41) is 10.0. The van der Waals surface area contributed by atoms with E-state index in [0.29, 0.717) is 5.92 Å². The van der Waals surface area contributed by atoms with Gasteiger partial charge in [0.1, 0.15) is 0 Å². The largest absolute Gasteiger partial charge is 0.383 e. The molecule has 0 radical (unpaired) electrons. The van der Waals surface area contributed by atoms with E-state index in [1.54, 1.807) is 18.4 Å². The summed E-state index contributed by atoms with van der Waals surface area (Å²) in [7, 11) is 1.77. The molecule has 1 saturated heterocycles. The van der Waals surface area contributed by atoms with Crippen LogP contribution >= 0.6 is 35.3 Å². The highest BCUT2D eigenvalue weighted by Gasteiger charge is 2.18. The normalized spacial score (nSPS) is 16.3. The van der Waals surface area contributed by atoms with Gasteiger partial charge in [-0.25, -0.2) is 4.98 Å². The van der Waals surface area contributed by atoms with Crippen molar-refractivity contribution in [1.29, 1.82) is 0 Å². The fraction of sp³-hybridized carbons (Fsp3) is 0.778. The number of rotatable bonds is 9. The van der Waals surface area contributed by atoms with Crippen LogP contribution in [0.2, 0.25) is 0 Å². The van der Waals surface area contributed by atoms with Gasteiger partial charge in [0.2, 0.25) is 0 Å². The van der Waals surface area contributed by atoms with Crippen LogP contribution in [0.15, 0.2) is 10.4 Å².